The monoisotopic (exact) mass is 310 g/mol. The molecule has 0 spiro atoms. The number of anilines is 1. The summed E-state index contributed by atoms with van der Waals surface area (Å²) in [6.07, 6.45) is -2.89. The van der Waals surface area contributed by atoms with E-state index in [1.165, 1.54) is 18.2 Å². The highest BCUT2D eigenvalue weighted by Gasteiger charge is 2.30. The zero-order valence-electron chi connectivity index (χ0n) is 9.72. The first-order chi connectivity index (χ1) is 8.84. The molecule has 1 aromatic rings. The summed E-state index contributed by atoms with van der Waals surface area (Å²) < 4.78 is 37.6. The lowest BCUT2D eigenvalue weighted by atomic mass is 10.2. The molecule has 0 aliphatic carbocycles. The number of nitrogens with zero attached hydrogens (tertiary/aromatic N) is 1. The summed E-state index contributed by atoms with van der Waals surface area (Å²) in [5.41, 5.74) is -0.551. The molecule has 0 unspecified atom stereocenters. The minimum atomic E-state index is -4.41. The number of aliphatic imine (C=N–C) groups is 1. The average molecular weight is 311 g/mol. The van der Waals surface area contributed by atoms with Crippen LogP contribution in [0.4, 0.5) is 18.9 Å². The van der Waals surface area contributed by atoms with Gasteiger partial charge in [0.15, 0.2) is 4.84 Å². The van der Waals surface area contributed by atoms with Crippen molar-refractivity contribution in [3.05, 3.63) is 42.5 Å². The molecule has 0 aromatic heterocycles. The van der Waals surface area contributed by atoms with E-state index in [1.54, 1.807) is 0 Å². The number of amidine groups is 1. The van der Waals surface area contributed by atoms with Gasteiger partial charge < -0.3 is 5.32 Å². The Morgan fingerprint density at radius 1 is 1.42 bits per heavy atom. The minimum absolute atomic E-state index is 0.169. The van der Waals surface area contributed by atoms with Crippen molar-refractivity contribution < 1.29 is 13.2 Å². The topological polar surface area (TPSA) is 24.4 Å². The highest BCUT2D eigenvalue weighted by molar-refractivity contribution is 6.55. The maximum absolute atomic E-state index is 12.5. The third-order valence-corrected chi connectivity index (χ3v) is 2.47. The van der Waals surface area contributed by atoms with Crippen LogP contribution in [-0.2, 0) is 6.18 Å². The molecule has 0 saturated carbocycles. The van der Waals surface area contributed by atoms with Crippen molar-refractivity contribution >= 4 is 34.7 Å². The number of benzene rings is 1. The van der Waals surface area contributed by atoms with Crippen molar-refractivity contribution in [3.63, 3.8) is 0 Å². The van der Waals surface area contributed by atoms with E-state index in [9.17, 15) is 13.2 Å². The van der Waals surface area contributed by atoms with Gasteiger partial charge in [0.2, 0.25) is 0 Å². The summed E-state index contributed by atoms with van der Waals surface area (Å²) in [6.45, 7) is 3.74. The van der Waals surface area contributed by atoms with Gasteiger partial charge in [0.05, 0.1) is 12.1 Å². The fraction of sp³-hybridized carbons (Fsp3) is 0.250. The molecule has 0 fully saturated rings. The van der Waals surface area contributed by atoms with E-state index in [1.807, 2.05) is 0 Å². The molecular weight excluding hydrogens is 300 g/mol. The molecule has 0 bridgehead atoms. The highest BCUT2D eigenvalue weighted by Crippen LogP contribution is 2.30. The fourth-order valence-electron chi connectivity index (χ4n) is 1.25. The Hall–Kier alpha value is -1.20. The molecule has 7 heteroatoms. The maximum atomic E-state index is 12.5. The average Bonchev–Trinajstić information content (AvgIpc) is 2.33. The van der Waals surface area contributed by atoms with Gasteiger partial charge in [0.25, 0.3) is 0 Å². The highest BCUT2D eigenvalue weighted by atomic mass is 35.5. The lowest BCUT2D eigenvalue weighted by Gasteiger charge is -2.13. The van der Waals surface area contributed by atoms with E-state index in [2.05, 4.69) is 16.9 Å². The van der Waals surface area contributed by atoms with Gasteiger partial charge in [0, 0.05) is 5.69 Å². The lowest BCUT2D eigenvalue weighted by molar-refractivity contribution is -0.137. The Kier molecular flexibility index (Phi) is 5.69. The lowest BCUT2D eigenvalue weighted by Crippen LogP contribution is -2.20. The van der Waals surface area contributed by atoms with Crippen molar-refractivity contribution in [1.29, 1.82) is 0 Å². The maximum Gasteiger partial charge on any atom is 0.416 e. The third kappa shape index (κ3) is 5.12. The third-order valence-electron chi connectivity index (χ3n) is 2.06. The number of hydrogen-bond acceptors (Lipinski definition) is 1. The van der Waals surface area contributed by atoms with E-state index in [0.29, 0.717) is 0 Å². The van der Waals surface area contributed by atoms with Crippen LogP contribution in [0.2, 0.25) is 0 Å². The van der Waals surface area contributed by atoms with Gasteiger partial charge in [-0.05, 0) is 18.2 Å². The van der Waals surface area contributed by atoms with Crippen molar-refractivity contribution in [2.24, 2.45) is 4.99 Å². The Balaban J connectivity index is 2.94. The van der Waals surface area contributed by atoms with Crippen LogP contribution in [0.25, 0.3) is 0 Å². The molecule has 1 rings (SSSR count). The van der Waals surface area contributed by atoms with Crippen LogP contribution in [0.15, 0.2) is 41.9 Å². The Morgan fingerprint density at radius 3 is 2.63 bits per heavy atom. The number of nitrogens with one attached hydrogen (secondary N) is 1. The molecule has 0 aliphatic rings. The number of halogens is 5. The van der Waals surface area contributed by atoms with Crippen LogP contribution >= 0.6 is 23.2 Å². The number of alkyl halides is 5. The molecule has 0 saturated heterocycles. The summed E-state index contributed by atoms with van der Waals surface area (Å²) >= 11 is 11.3. The van der Waals surface area contributed by atoms with E-state index in [4.69, 9.17) is 23.2 Å². The van der Waals surface area contributed by atoms with Gasteiger partial charge >= 0.3 is 6.18 Å². The Morgan fingerprint density at radius 2 is 2.11 bits per heavy atom. The van der Waals surface area contributed by atoms with Gasteiger partial charge in [-0.1, -0.05) is 35.3 Å². The summed E-state index contributed by atoms with van der Waals surface area (Å²) in [4.78, 5) is 3.01. The van der Waals surface area contributed by atoms with Crippen molar-refractivity contribution in [2.45, 2.75) is 11.0 Å². The normalized spacial score (nSPS) is 12.6. The van der Waals surface area contributed by atoms with Gasteiger partial charge in [-0.15, -0.1) is 6.58 Å². The number of rotatable bonds is 4. The van der Waals surface area contributed by atoms with Crippen LogP contribution in [0.3, 0.4) is 0 Å². The molecule has 0 radical (unpaired) electrons. The van der Waals surface area contributed by atoms with Crippen molar-refractivity contribution in [1.82, 2.24) is 0 Å². The molecule has 1 N–H and O–H groups in total. The summed E-state index contributed by atoms with van der Waals surface area (Å²) in [5.74, 6) is 0.169. The summed E-state index contributed by atoms with van der Waals surface area (Å²) in [5, 5.41) is 2.66. The SMILES string of the molecule is C=CCN=C(Nc1cccc(C(F)(F)F)c1)C(Cl)Cl. The predicted octanol–water partition coefficient (Wildman–Crippen LogP) is 4.51. The van der Waals surface area contributed by atoms with E-state index < -0.39 is 16.6 Å². The molecule has 0 heterocycles. The number of hydrogen-bond donors (Lipinski definition) is 1. The quantitative estimate of drug-likeness (QED) is 0.376. The molecule has 1 aromatic carbocycles. The van der Waals surface area contributed by atoms with Crippen LogP contribution in [-0.4, -0.2) is 17.2 Å². The molecule has 0 amide bonds. The Bertz CT molecular complexity index is 470. The minimum Gasteiger partial charge on any atom is -0.342 e. The predicted molar refractivity (Wildman–Crippen MR) is 73.1 cm³/mol. The second-order valence-corrected chi connectivity index (χ2v) is 4.62. The van der Waals surface area contributed by atoms with Crippen LogP contribution in [0.1, 0.15) is 5.56 Å². The Labute approximate surface area is 118 Å². The van der Waals surface area contributed by atoms with Crippen LogP contribution in [0.5, 0.6) is 0 Å². The molecule has 2 nitrogen and oxygen atoms in total. The van der Waals surface area contributed by atoms with E-state index >= 15 is 0 Å². The fourth-order valence-corrected chi connectivity index (χ4v) is 1.49. The molecular formula is C12H11Cl2F3N2. The molecule has 19 heavy (non-hydrogen) atoms. The first kappa shape index (κ1) is 15.9. The van der Waals surface area contributed by atoms with Gasteiger partial charge in [-0.3, -0.25) is 4.99 Å². The van der Waals surface area contributed by atoms with E-state index in [0.717, 1.165) is 12.1 Å². The first-order valence-electron chi connectivity index (χ1n) is 5.22. The standard InChI is InChI=1S/C12H11Cl2F3N2/c1-2-6-18-11(10(13)14)19-9-5-3-4-8(7-9)12(15,16)17/h2-5,7,10H,1,6H2,(H,18,19). The van der Waals surface area contributed by atoms with E-state index in [-0.39, 0.29) is 18.1 Å². The van der Waals surface area contributed by atoms with Gasteiger partial charge in [-0.25, -0.2) is 0 Å². The zero-order valence-corrected chi connectivity index (χ0v) is 11.2. The summed E-state index contributed by atoms with van der Waals surface area (Å²) in [7, 11) is 0. The molecule has 0 atom stereocenters. The van der Waals surface area contributed by atoms with Gasteiger partial charge in [-0.2, -0.15) is 13.2 Å². The van der Waals surface area contributed by atoms with Gasteiger partial charge in [0.1, 0.15) is 5.84 Å². The van der Waals surface area contributed by atoms with Crippen LogP contribution < -0.4 is 5.32 Å². The molecule has 104 valence electrons. The van der Waals surface area contributed by atoms with Crippen molar-refractivity contribution in [3.8, 4) is 0 Å². The molecule has 0 aliphatic heterocycles. The van der Waals surface area contributed by atoms with Crippen LogP contribution in [0, 0.1) is 0 Å². The largest absolute Gasteiger partial charge is 0.416 e. The van der Waals surface area contributed by atoms with Crippen molar-refractivity contribution in [2.75, 3.05) is 11.9 Å². The zero-order chi connectivity index (χ0) is 14.5. The second kappa shape index (κ2) is 6.82. The summed E-state index contributed by atoms with van der Waals surface area (Å²) in [6, 6.07) is 4.69. The smallest absolute Gasteiger partial charge is 0.342 e. The second-order valence-electron chi connectivity index (χ2n) is 3.52. The first-order valence-corrected chi connectivity index (χ1v) is 6.09.